The molecule has 33 heavy (non-hydrogen) atoms. The van der Waals surface area contributed by atoms with Crippen molar-refractivity contribution in [2.45, 2.75) is 32.1 Å². The van der Waals surface area contributed by atoms with E-state index in [1.807, 2.05) is 64.3 Å². The lowest BCUT2D eigenvalue weighted by Gasteiger charge is -2.32. The van der Waals surface area contributed by atoms with Crippen molar-refractivity contribution < 1.29 is 9.59 Å². The first-order chi connectivity index (χ1) is 16.2. The summed E-state index contributed by atoms with van der Waals surface area (Å²) in [5.41, 5.74) is 3.24. The van der Waals surface area contributed by atoms with Crippen LogP contribution in [0.5, 0.6) is 0 Å². The molecule has 4 aromatic rings. The van der Waals surface area contributed by atoms with Crippen molar-refractivity contribution in [3.63, 3.8) is 0 Å². The first-order valence-corrected chi connectivity index (χ1v) is 11.7. The highest BCUT2D eigenvalue weighted by Gasteiger charge is 2.23. The number of hydrogen-bond acceptors (Lipinski definition) is 3. The number of piperidine rings is 1. The zero-order chi connectivity index (χ0) is 22.6. The quantitative estimate of drug-likeness (QED) is 0.419. The van der Waals surface area contributed by atoms with Crippen molar-refractivity contribution in [3.05, 3.63) is 72.3 Å². The lowest BCUT2D eigenvalue weighted by atomic mass is 9.91. The Morgan fingerprint density at radius 3 is 2.79 bits per heavy atom. The maximum atomic E-state index is 12.9. The van der Waals surface area contributed by atoms with Gasteiger partial charge in [0.05, 0.1) is 5.56 Å². The summed E-state index contributed by atoms with van der Waals surface area (Å²) in [7, 11) is 0. The number of unbranched alkanes of at least 4 members (excludes halogenated alkanes) is 1. The van der Waals surface area contributed by atoms with E-state index in [2.05, 4.69) is 15.3 Å². The molecule has 0 radical (unpaired) electrons. The molecule has 2 amide bonds. The number of nitrogens with zero attached hydrogens (tertiary/aromatic N) is 3. The number of carbonyl (C=O) groups is 2. The summed E-state index contributed by atoms with van der Waals surface area (Å²) < 4.78 is 1.85. The van der Waals surface area contributed by atoms with Gasteiger partial charge in [0.15, 0.2) is 0 Å². The minimum atomic E-state index is -0.0463. The number of likely N-dealkylation sites (tertiary alicyclic amines) is 1. The average Bonchev–Trinajstić information content (AvgIpc) is 3.52. The van der Waals surface area contributed by atoms with Crippen LogP contribution in [0.15, 0.2) is 61.2 Å². The fraction of sp³-hybridized carbons (Fsp3) is 0.346. The van der Waals surface area contributed by atoms with E-state index in [1.165, 1.54) is 0 Å². The fourth-order valence-corrected chi connectivity index (χ4v) is 4.70. The minimum absolute atomic E-state index is 0.0463. The third-order valence-electron chi connectivity index (χ3n) is 6.68. The van der Waals surface area contributed by atoms with E-state index in [-0.39, 0.29) is 11.8 Å². The van der Waals surface area contributed by atoms with Crippen LogP contribution < -0.4 is 5.32 Å². The third-order valence-corrected chi connectivity index (χ3v) is 6.68. The highest BCUT2D eigenvalue weighted by Crippen LogP contribution is 2.24. The number of H-pyrrole nitrogens is 1. The molecule has 4 heterocycles. The molecule has 3 aromatic heterocycles. The number of imidazole rings is 1. The molecular formula is C26H29N5O2. The zero-order valence-corrected chi connectivity index (χ0v) is 18.7. The first-order valence-electron chi connectivity index (χ1n) is 11.7. The molecule has 7 nitrogen and oxygen atoms in total. The average molecular weight is 444 g/mol. The second-order valence-corrected chi connectivity index (χ2v) is 8.88. The summed E-state index contributed by atoms with van der Waals surface area (Å²) in [4.78, 5) is 34.6. The lowest BCUT2D eigenvalue weighted by Crippen LogP contribution is -2.38. The summed E-state index contributed by atoms with van der Waals surface area (Å²) in [6.45, 7) is 2.32. The molecular weight excluding hydrogens is 414 g/mol. The standard InChI is InChI=1S/C26H29N5O2/c32-25(22-6-7-24-28-13-16-31(24)18-22)29-11-2-1-3-19-9-14-30(15-10-19)26(33)21-5-4-20-8-12-27-23(20)17-21/h4-8,12-13,16-19,27H,1-3,9-11,14-15H2,(H,29,32). The summed E-state index contributed by atoms with van der Waals surface area (Å²) in [5.74, 6) is 0.732. The maximum Gasteiger partial charge on any atom is 0.253 e. The van der Waals surface area contributed by atoms with E-state index < -0.39 is 0 Å². The van der Waals surface area contributed by atoms with Gasteiger partial charge in [-0.25, -0.2) is 4.98 Å². The Morgan fingerprint density at radius 2 is 1.91 bits per heavy atom. The van der Waals surface area contributed by atoms with Gasteiger partial charge >= 0.3 is 0 Å². The Hall–Kier alpha value is -3.61. The summed E-state index contributed by atoms with van der Waals surface area (Å²) in [6, 6.07) is 11.5. The van der Waals surface area contributed by atoms with Gasteiger partial charge in [-0.05, 0) is 60.9 Å². The number of benzene rings is 1. The summed E-state index contributed by atoms with van der Waals surface area (Å²) in [5, 5.41) is 4.14. The van der Waals surface area contributed by atoms with Crippen molar-refractivity contribution in [2.24, 2.45) is 5.92 Å². The van der Waals surface area contributed by atoms with E-state index in [1.54, 1.807) is 6.20 Å². The first kappa shape index (κ1) is 21.2. The molecule has 2 N–H and O–H groups in total. The number of rotatable bonds is 7. The van der Waals surface area contributed by atoms with Gasteiger partial charge in [0.25, 0.3) is 11.8 Å². The largest absolute Gasteiger partial charge is 0.361 e. The third kappa shape index (κ3) is 4.77. The van der Waals surface area contributed by atoms with Crippen molar-refractivity contribution in [2.75, 3.05) is 19.6 Å². The van der Waals surface area contributed by atoms with Crippen LogP contribution in [0.25, 0.3) is 16.6 Å². The zero-order valence-electron chi connectivity index (χ0n) is 18.7. The van der Waals surface area contributed by atoms with Crippen LogP contribution in [0.4, 0.5) is 0 Å². The van der Waals surface area contributed by atoms with Crippen molar-refractivity contribution in [1.29, 1.82) is 0 Å². The number of aromatic amines is 1. The van der Waals surface area contributed by atoms with Crippen LogP contribution in [0.2, 0.25) is 0 Å². The molecule has 1 aliphatic heterocycles. The number of amides is 2. The van der Waals surface area contributed by atoms with Crippen LogP contribution in [0, 0.1) is 5.92 Å². The maximum absolute atomic E-state index is 12.9. The Bertz CT molecular complexity index is 1270. The molecule has 0 saturated carbocycles. The van der Waals surface area contributed by atoms with Gasteiger partial charge in [0.2, 0.25) is 0 Å². The smallest absolute Gasteiger partial charge is 0.253 e. The van der Waals surface area contributed by atoms with Gasteiger partial charge in [-0.2, -0.15) is 0 Å². The second-order valence-electron chi connectivity index (χ2n) is 8.88. The lowest BCUT2D eigenvalue weighted by molar-refractivity contribution is 0.0686. The Labute approximate surface area is 192 Å². The fourth-order valence-electron chi connectivity index (χ4n) is 4.70. The summed E-state index contributed by atoms with van der Waals surface area (Å²) >= 11 is 0. The predicted molar refractivity (Wildman–Crippen MR) is 128 cm³/mol. The van der Waals surface area contributed by atoms with E-state index in [4.69, 9.17) is 0 Å². The highest BCUT2D eigenvalue weighted by atomic mass is 16.2. The minimum Gasteiger partial charge on any atom is -0.361 e. The van der Waals surface area contributed by atoms with Crippen LogP contribution in [-0.2, 0) is 0 Å². The van der Waals surface area contributed by atoms with E-state index in [0.29, 0.717) is 18.0 Å². The van der Waals surface area contributed by atoms with Crippen molar-refractivity contribution in [1.82, 2.24) is 24.6 Å². The van der Waals surface area contributed by atoms with Gasteiger partial charge in [-0.1, -0.05) is 18.9 Å². The van der Waals surface area contributed by atoms with Crippen LogP contribution >= 0.6 is 0 Å². The highest BCUT2D eigenvalue weighted by molar-refractivity contribution is 5.98. The predicted octanol–water partition coefficient (Wildman–Crippen LogP) is 4.27. The molecule has 1 aromatic carbocycles. The Balaban J connectivity index is 1.01. The molecule has 1 saturated heterocycles. The van der Waals surface area contributed by atoms with Crippen molar-refractivity contribution >= 4 is 28.4 Å². The monoisotopic (exact) mass is 443 g/mol. The number of aromatic nitrogens is 3. The summed E-state index contributed by atoms with van der Waals surface area (Å²) in [6.07, 6.45) is 12.6. The van der Waals surface area contributed by atoms with Gasteiger partial charge in [-0.3, -0.25) is 9.59 Å². The Kier molecular flexibility index (Phi) is 6.11. The molecule has 1 aliphatic rings. The Morgan fingerprint density at radius 1 is 1.06 bits per heavy atom. The van der Waals surface area contributed by atoms with Crippen LogP contribution in [0.3, 0.4) is 0 Å². The number of fused-ring (bicyclic) bond motifs is 2. The molecule has 170 valence electrons. The van der Waals surface area contributed by atoms with Gasteiger partial charge in [0.1, 0.15) is 5.65 Å². The number of nitrogens with one attached hydrogen (secondary N) is 2. The molecule has 0 aliphatic carbocycles. The molecule has 1 fully saturated rings. The number of hydrogen-bond donors (Lipinski definition) is 2. The van der Waals surface area contributed by atoms with Crippen LogP contribution in [-0.4, -0.2) is 50.7 Å². The molecule has 0 atom stereocenters. The van der Waals surface area contributed by atoms with Crippen LogP contribution in [0.1, 0.15) is 52.8 Å². The molecule has 0 bridgehead atoms. The number of carbonyl (C=O) groups excluding carboxylic acids is 2. The van der Waals surface area contributed by atoms with Gasteiger partial charge in [-0.15, -0.1) is 0 Å². The van der Waals surface area contributed by atoms with E-state index >= 15 is 0 Å². The second kappa shape index (κ2) is 9.48. The van der Waals surface area contributed by atoms with E-state index in [9.17, 15) is 9.59 Å². The van der Waals surface area contributed by atoms with Crippen molar-refractivity contribution in [3.8, 4) is 0 Å². The SMILES string of the molecule is O=C(NCCCCC1CCN(C(=O)c2ccc3cc[nH]c3c2)CC1)c1ccc2nccn2c1. The number of pyridine rings is 1. The normalized spacial score (nSPS) is 14.7. The van der Waals surface area contributed by atoms with Gasteiger partial charge < -0.3 is 19.6 Å². The molecule has 7 heteroatoms. The molecule has 5 rings (SSSR count). The van der Waals surface area contributed by atoms with E-state index in [0.717, 1.165) is 67.3 Å². The molecule has 0 unspecified atom stereocenters. The van der Waals surface area contributed by atoms with Gasteiger partial charge in [0, 0.05) is 55.5 Å². The topological polar surface area (TPSA) is 82.5 Å². The molecule has 0 spiro atoms.